The zero-order valence-electron chi connectivity index (χ0n) is 17.1. The number of benzene rings is 1. The summed E-state index contributed by atoms with van der Waals surface area (Å²) in [7, 11) is 0. The summed E-state index contributed by atoms with van der Waals surface area (Å²) in [6.45, 7) is -0.658. The number of imidazole rings is 1. The molecule has 31 heavy (non-hydrogen) atoms. The summed E-state index contributed by atoms with van der Waals surface area (Å²) in [6, 6.07) is 7.04. The number of rotatable bonds is 7. The molecule has 4 rings (SSSR count). The van der Waals surface area contributed by atoms with Gasteiger partial charge >= 0.3 is 6.55 Å². The van der Waals surface area contributed by atoms with Gasteiger partial charge in [-0.25, -0.2) is 4.98 Å². The summed E-state index contributed by atoms with van der Waals surface area (Å²) in [6.07, 6.45) is 3.77. The standard InChI is InChI=1S/C21H23F2N5O3/c1-21-9-8-18(30)28(21)15-6-3-2-5-14(15)19(31)27(21)11-4-7-17(29)25-13-16-24-10-12-26(16)20(22)23/h2-3,5-6,10,12,20H,4,7-9,11,13H2,1H3,(H,25,29). The van der Waals surface area contributed by atoms with E-state index in [1.54, 1.807) is 34.1 Å². The van der Waals surface area contributed by atoms with Gasteiger partial charge in [-0.1, -0.05) is 12.1 Å². The van der Waals surface area contributed by atoms with Gasteiger partial charge in [0.2, 0.25) is 11.8 Å². The van der Waals surface area contributed by atoms with Crippen LogP contribution in [-0.4, -0.2) is 44.4 Å². The lowest BCUT2D eigenvalue weighted by Gasteiger charge is -2.48. The highest BCUT2D eigenvalue weighted by Gasteiger charge is 2.52. The molecule has 8 nitrogen and oxygen atoms in total. The minimum Gasteiger partial charge on any atom is -0.349 e. The van der Waals surface area contributed by atoms with Gasteiger partial charge in [-0.3, -0.25) is 23.9 Å². The van der Waals surface area contributed by atoms with Crippen molar-refractivity contribution in [2.75, 3.05) is 11.4 Å². The highest BCUT2D eigenvalue weighted by molar-refractivity contribution is 6.10. The molecule has 10 heteroatoms. The van der Waals surface area contributed by atoms with E-state index in [1.807, 2.05) is 6.92 Å². The number of aromatic nitrogens is 2. The van der Waals surface area contributed by atoms with Crippen molar-refractivity contribution >= 4 is 23.4 Å². The number of hydrogen-bond acceptors (Lipinski definition) is 4. The van der Waals surface area contributed by atoms with Gasteiger partial charge in [-0.2, -0.15) is 8.78 Å². The van der Waals surface area contributed by atoms with Crippen LogP contribution in [0.15, 0.2) is 36.7 Å². The fourth-order valence-electron chi connectivity index (χ4n) is 4.36. The lowest BCUT2D eigenvalue weighted by molar-refractivity contribution is -0.121. The van der Waals surface area contributed by atoms with Crippen LogP contribution in [0, 0.1) is 0 Å². The van der Waals surface area contributed by atoms with Crippen molar-refractivity contribution in [3.8, 4) is 0 Å². The first-order chi connectivity index (χ1) is 14.8. The molecular weight excluding hydrogens is 408 g/mol. The predicted octanol–water partition coefficient (Wildman–Crippen LogP) is 2.67. The van der Waals surface area contributed by atoms with E-state index in [0.717, 1.165) is 6.20 Å². The van der Waals surface area contributed by atoms with Crippen LogP contribution in [0.25, 0.3) is 0 Å². The first kappa shape index (κ1) is 21.0. The molecule has 2 aliphatic rings. The Bertz CT molecular complexity index is 1020. The maximum absolute atomic E-state index is 13.1. The van der Waals surface area contributed by atoms with E-state index >= 15 is 0 Å². The van der Waals surface area contributed by atoms with E-state index in [9.17, 15) is 23.2 Å². The number of halogens is 2. The average molecular weight is 431 g/mol. The third kappa shape index (κ3) is 3.66. The summed E-state index contributed by atoms with van der Waals surface area (Å²) in [5.41, 5.74) is 0.334. The predicted molar refractivity (Wildman–Crippen MR) is 107 cm³/mol. The molecule has 3 amide bonds. The zero-order chi connectivity index (χ0) is 22.2. The number of amides is 3. The molecule has 1 aromatic carbocycles. The van der Waals surface area contributed by atoms with Gasteiger partial charge in [-0.15, -0.1) is 0 Å². The smallest absolute Gasteiger partial charge is 0.319 e. The van der Waals surface area contributed by atoms with Crippen molar-refractivity contribution in [3.63, 3.8) is 0 Å². The Hall–Kier alpha value is -3.30. The van der Waals surface area contributed by atoms with Crippen LogP contribution in [0.2, 0.25) is 0 Å². The molecule has 1 atom stereocenters. The SMILES string of the molecule is CC12CCC(=O)N1c1ccccc1C(=O)N2CCCC(=O)NCc1nccn1C(F)F. The number of nitrogens with one attached hydrogen (secondary N) is 1. The summed E-state index contributed by atoms with van der Waals surface area (Å²) < 4.78 is 26.4. The largest absolute Gasteiger partial charge is 0.349 e. The number of alkyl halides is 2. The summed E-state index contributed by atoms with van der Waals surface area (Å²) in [5.74, 6) is -0.444. The van der Waals surface area contributed by atoms with Gasteiger partial charge in [0, 0.05) is 31.8 Å². The zero-order valence-corrected chi connectivity index (χ0v) is 17.1. The Morgan fingerprint density at radius 2 is 2.06 bits per heavy atom. The molecule has 1 unspecified atom stereocenters. The van der Waals surface area contributed by atoms with Crippen LogP contribution < -0.4 is 10.2 Å². The number of carbonyl (C=O) groups is 3. The Morgan fingerprint density at radius 1 is 1.29 bits per heavy atom. The summed E-state index contributed by atoms with van der Waals surface area (Å²) in [5, 5.41) is 2.58. The molecule has 1 aromatic heterocycles. The molecule has 0 aliphatic carbocycles. The van der Waals surface area contributed by atoms with E-state index in [1.165, 1.54) is 6.20 Å². The number of carbonyl (C=O) groups excluding carboxylic acids is 3. The quantitative estimate of drug-likeness (QED) is 0.730. The van der Waals surface area contributed by atoms with Crippen molar-refractivity contribution in [2.24, 2.45) is 0 Å². The fraction of sp³-hybridized carbons (Fsp3) is 0.429. The minimum atomic E-state index is -2.72. The second-order valence-electron chi connectivity index (χ2n) is 7.83. The number of anilines is 1. The highest BCUT2D eigenvalue weighted by atomic mass is 19.3. The molecule has 0 radical (unpaired) electrons. The van der Waals surface area contributed by atoms with Crippen LogP contribution in [-0.2, 0) is 16.1 Å². The van der Waals surface area contributed by atoms with Crippen molar-refractivity contribution in [1.82, 2.24) is 19.8 Å². The second-order valence-corrected chi connectivity index (χ2v) is 7.83. The molecule has 0 spiro atoms. The van der Waals surface area contributed by atoms with Crippen molar-refractivity contribution in [1.29, 1.82) is 0 Å². The summed E-state index contributed by atoms with van der Waals surface area (Å²) in [4.78, 5) is 45.1. The lowest BCUT2D eigenvalue weighted by Crippen LogP contribution is -2.62. The molecule has 0 bridgehead atoms. The minimum absolute atomic E-state index is 0.0280. The van der Waals surface area contributed by atoms with Crippen molar-refractivity contribution in [3.05, 3.63) is 48.0 Å². The maximum Gasteiger partial charge on any atom is 0.319 e. The molecular formula is C21H23F2N5O3. The Balaban J connectivity index is 1.39. The number of fused-ring (bicyclic) bond motifs is 3. The van der Waals surface area contributed by atoms with E-state index < -0.39 is 12.2 Å². The van der Waals surface area contributed by atoms with E-state index in [4.69, 9.17) is 0 Å². The Labute approximate surface area is 177 Å². The highest BCUT2D eigenvalue weighted by Crippen LogP contribution is 2.43. The first-order valence-corrected chi connectivity index (χ1v) is 10.1. The first-order valence-electron chi connectivity index (χ1n) is 10.1. The van der Waals surface area contributed by atoms with Crippen LogP contribution in [0.5, 0.6) is 0 Å². The van der Waals surface area contributed by atoms with Gasteiger partial charge in [0.15, 0.2) is 0 Å². The van der Waals surface area contributed by atoms with Crippen LogP contribution in [0.1, 0.15) is 55.3 Å². The van der Waals surface area contributed by atoms with Gasteiger partial charge in [0.05, 0.1) is 17.8 Å². The monoisotopic (exact) mass is 431 g/mol. The van der Waals surface area contributed by atoms with E-state index in [-0.39, 0.29) is 36.5 Å². The molecule has 1 fully saturated rings. The van der Waals surface area contributed by atoms with Crippen molar-refractivity contribution < 1.29 is 23.2 Å². The van der Waals surface area contributed by atoms with Gasteiger partial charge in [0.25, 0.3) is 5.91 Å². The van der Waals surface area contributed by atoms with Gasteiger partial charge in [-0.05, 0) is 31.9 Å². The topological polar surface area (TPSA) is 87.5 Å². The van der Waals surface area contributed by atoms with Crippen LogP contribution in [0.4, 0.5) is 14.5 Å². The number of nitrogens with zero attached hydrogens (tertiary/aromatic N) is 4. The number of para-hydroxylation sites is 1. The normalized spacial score (nSPS) is 20.3. The van der Waals surface area contributed by atoms with E-state index in [0.29, 0.717) is 41.6 Å². The fourth-order valence-corrected chi connectivity index (χ4v) is 4.36. The Kier molecular flexibility index (Phi) is 5.47. The van der Waals surface area contributed by atoms with Crippen molar-refractivity contribution in [2.45, 2.75) is 51.4 Å². The maximum atomic E-state index is 13.1. The van der Waals surface area contributed by atoms with Crippen LogP contribution >= 0.6 is 0 Å². The third-order valence-corrected chi connectivity index (χ3v) is 5.93. The Morgan fingerprint density at radius 3 is 2.84 bits per heavy atom. The summed E-state index contributed by atoms with van der Waals surface area (Å²) >= 11 is 0. The lowest BCUT2D eigenvalue weighted by atomic mass is 9.98. The average Bonchev–Trinajstić information content (AvgIpc) is 3.34. The molecule has 1 saturated heterocycles. The molecule has 3 heterocycles. The molecule has 164 valence electrons. The third-order valence-electron chi connectivity index (χ3n) is 5.93. The molecule has 2 aliphatic heterocycles. The van der Waals surface area contributed by atoms with Gasteiger partial charge in [0.1, 0.15) is 11.5 Å². The molecule has 2 aromatic rings. The van der Waals surface area contributed by atoms with Gasteiger partial charge < -0.3 is 10.2 Å². The molecule has 1 N–H and O–H groups in total. The van der Waals surface area contributed by atoms with Crippen LogP contribution in [0.3, 0.4) is 0 Å². The molecule has 0 saturated carbocycles. The van der Waals surface area contributed by atoms with E-state index in [2.05, 4.69) is 10.3 Å². The second kappa shape index (κ2) is 8.09. The number of hydrogen-bond donors (Lipinski definition) is 1.